The van der Waals surface area contributed by atoms with E-state index in [1.54, 1.807) is 6.07 Å². The summed E-state index contributed by atoms with van der Waals surface area (Å²) in [6.45, 7) is 2.02. The van der Waals surface area contributed by atoms with Crippen LogP contribution in [0, 0.1) is 18.2 Å². The molecule has 2 heteroatoms. The first-order chi connectivity index (χ1) is 8.70. The van der Waals surface area contributed by atoms with E-state index in [0.717, 1.165) is 5.56 Å². The van der Waals surface area contributed by atoms with Gasteiger partial charge in [0.05, 0.1) is 5.69 Å². The molecular formula is C16H22FN. The van der Waals surface area contributed by atoms with E-state index in [9.17, 15) is 4.39 Å². The maximum Gasteiger partial charge on any atom is 0.146 e. The smallest absolute Gasteiger partial charge is 0.146 e. The SMILES string of the molecule is Cc1ccc(F)c(NC2CCC23CCCCC3)c1. The monoisotopic (exact) mass is 247 g/mol. The molecule has 2 aliphatic rings. The normalized spacial score (nSPS) is 25.8. The van der Waals surface area contributed by atoms with Crippen molar-refractivity contribution in [1.82, 2.24) is 0 Å². The fraction of sp³-hybridized carbons (Fsp3) is 0.625. The van der Waals surface area contributed by atoms with Gasteiger partial charge in [0.1, 0.15) is 5.82 Å². The molecule has 1 aromatic carbocycles. The summed E-state index contributed by atoms with van der Waals surface area (Å²) in [4.78, 5) is 0. The molecule has 3 rings (SSSR count). The lowest BCUT2D eigenvalue weighted by molar-refractivity contribution is 0.0569. The fourth-order valence-electron chi connectivity index (χ4n) is 3.71. The second kappa shape index (κ2) is 4.56. The summed E-state index contributed by atoms with van der Waals surface area (Å²) in [6.07, 6.45) is 9.29. The van der Waals surface area contributed by atoms with Crippen molar-refractivity contribution in [2.75, 3.05) is 5.32 Å². The van der Waals surface area contributed by atoms with Crippen LogP contribution in [-0.2, 0) is 0 Å². The summed E-state index contributed by atoms with van der Waals surface area (Å²) in [6, 6.07) is 5.83. The van der Waals surface area contributed by atoms with Gasteiger partial charge in [-0.05, 0) is 55.7 Å². The van der Waals surface area contributed by atoms with Crippen LogP contribution in [0.4, 0.5) is 10.1 Å². The molecule has 0 aliphatic heterocycles. The zero-order valence-corrected chi connectivity index (χ0v) is 11.1. The molecule has 1 aromatic rings. The number of hydrogen-bond donors (Lipinski definition) is 1. The van der Waals surface area contributed by atoms with E-state index < -0.39 is 0 Å². The predicted molar refractivity (Wildman–Crippen MR) is 73.3 cm³/mol. The average molecular weight is 247 g/mol. The summed E-state index contributed by atoms with van der Waals surface area (Å²) in [5.74, 6) is -0.113. The van der Waals surface area contributed by atoms with Crippen molar-refractivity contribution in [2.45, 2.75) is 57.9 Å². The van der Waals surface area contributed by atoms with Crippen LogP contribution in [0.2, 0.25) is 0 Å². The molecule has 2 saturated carbocycles. The van der Waals surface area contributed by atoms with E-state index in [1.165, 1.54) is 44.9 Å². The van der Waals surface area contributed by atoms with Crippen LogP contribution in [0.3, 0.4) is 0 Å². The summed E-state index contributed by atoms with van der Waals surface area (Å²) in [5, 5.41) is 3.47. The van der Waals surface area contributed by atoms with Gasteiger partial charge in [-0.3, -0.25) is 0 Å². The minimum Gasteiger partial charge on any atom is -0.379 e. The van der Waals surface area contributed by atoms with Gasteiger partial charge in [0.25, 0.3) is 0 Å². The van der Waals surface area contributed by atoms with Crippen LogP contribution in [0.25, 0.3) is 0 Å². The van der Waals surface area contributed by atoms with E-state index in [1.807, 2.05) is 19.1 Å². The third kappa shape index (κ3) is 2.02. The molecule has 98 valence electrons. The Morgan fingerprint density at radius 1 is 1.17 bits per heavy atom. The molecule has 18 heavy (non-hydrogen) atoms. The minimum absolute atomic E-state index is 0.113. The zero-order chi connectivity index (χ0) is 12.6. The molecule has 1 spiro atoms. The molecule has 0 amide bonds. The van der Waals surface area contributed by atoms with Crippen molar-refractivity contribution in [1.29, 1.82) is 0 Å². The molecule has 0 radical (unpaired) electrons. The molecule has 0 aromatic heterocycles. The fourth-order valence-corrected chi connectivity index (χ4v) is 3.71. The van der Waals surface area contributed by atoms with Gasteiger partial charge in [-0.15, -0.1) is 0 Å². The van der Waals surface area contributed by atoms with E-state index in [0.29, 0.717) is 17.1 Å². The Balaban J connectivity index is 1.74. The van der Waals surface area contributed by atoms with Crippen molar-refractivity contribution in [3.8, 4) is 0 Å². The lowest BCUT2D eigenvalue weighted by atomic mass is 9.57. The number of hydrogen-bond acceptors (Lipinski definition) is 1. The summed E-state index contributed by atoms with van der Waals surface area (Å²) in [7, 11) is 0. The van der Waals surface area contributed by atoms with Crippen molar-refractivity contribution in [2.24, 2.45) is 5.41 Å². The zero-order valence-electron chi connectivity index (χ0n) is 11.1. The molecule has 2 aliphatic carbocycles. The predicted octanol–water partition coefficient (Wildman–Crippen LogP) is 4.66. The van der Waals surface area contributed by atoms with Crippen molar-refractivity contribution in [3.63, 3.8) is 0 Å². The Morgan fingerprint density at radius 2 is 1.94 bits per heavy atom. The first kappa shape index (κ1) is 12.0. The highest BCUT2D eigenvalue weighted by atomic mass is 19.1. The van der Waals surface area contributed by atoms with Gasteiger partial charge in [-0.2, -0.15) is 0 Å². The summed E-state index contributed by atoms with van der Waals surface area (Å²) < 4.78 is 13.8. The minimum atomic E-state index is -0.113. The number of nitrogens with one attached hydrogen (secondary N) is 1. The van der Waals surface area contributed by atoms with Crippen LogP contribution in [0.15, 0.2) is 18.2 Å². The Bertz CT molecular complexity index is 435. The Morgan fingerprint density at radius 3 is 2.61 bits per heavy atom. The van der Waals surface area contributed by atoms with Crippen LogP contribution in [0.1, 0.15) is 50.5 Å². The highest BCUT2D eigenvalue weighted by Crippen LogP contribution is 2.52. The Hall–Kier alpha value is -1.05. The van der Waals surface area contributed by atoms with Crippen LogP contribution in [-0.4, -0.2) is 6.04 Å². The number of benzene rings is 1. The standard InChI is InChI=1S/C16H22FN/c1-12-5-6-13(17)14(11-12)18-15-7-10-16(15)8-3-2-4-9-16/h5-6,11,15,18H,2-4,7-10H2,1H3. The van der Waals surface area contributed by atoms with Crippen molar-refractivity contribution < 1.29 is 4.39 Å². The molecular weight excluding hydrogens is 225 g/mol. The number of aryl methyl sites for hydroxylation is 1. The van der Waals surface area contributed by atoms with E-state index in [-0.39, 0.29) is 5.82 Å². The molecule has 0 heterocycles. The summed E-state index contributed by atoms with van der Waals surface area (Å²) >= 11 is 0. The largest absolute Gasteiger partial charge is 0.379 e. The molecule has 1 atom stereocenters. The maximum atomic E-state index is 13.8. The van der Waals surface area contributed by atoms with E-state index in [2.05, 4.69) is 5.32 Å². The first-order valence-electron chi connectivity index (χ1n) is 7.22. The van der Waals surface area contributed by atoms with Gasteiger partial charge < -0.3 is 5.32 Å². The summed E-state index contributed by atoms with van der Waals surface area (Å²) in [5.41, 5.74) is 2.30. The average Bonchev–Trinajstić information content (AvgIpc) is 2.39. The van der Waals surface area contributed by atoms with E-state index >= 15 is 0 Å². The lowest BCUT2D eigenvalue weighted by Gasteiger charge is -2.52. The Kier molecular flexibility index (Phi) is 3.04. The third-order valence-electron chi connectivity index (χ3n) is 4.97. The third-order valence-corrected chi connectivity index (χ3v) is 4.97. The number of anilines is 1. The highest BCUT2D eigenvalue weighted by Gasteiger charge is 2.46. The topological polar surface area (TPSA) is 12.0 Å². The second-order valence-electron chi connectivity index (χ2n) is 6.14. The molecule has 1 N–H and O–H groups in total. The quantitative estimate of drug-likeness (QED) is 0.801. The van der Waals surface area contributed by atoms with Crippen molar-refractivity contribution >= 4 is 5.69 Å². The van der Waals surface area contributed by atoms with Gasteiger partial charge in [0, 0.05) is 6.04 Å². The Labute approximate surface area is 109 Å². The van der Waals surface area contributed by atoms with Gasteiger partial charge >= 0.3 is 0 Å². The molecule has 1 nitrogen and oxygen atoms in total. The molecule has 0 saturated heterocycles. The van der Waals surface area contributed by atoms with Crippen LogP contribution >= 0.6 is 0 Å². The second-order valence-corrected chi connectivity index (χ2v) is 6.14. The number of halogens is 1. The molecule has 2 fully saturated rings. The lowest BCUT2D eigenvalue weighted by Crippen LogP contribution is -2.50. The highest BCUT2D eigenvalue weighted by molar-refractivity contribution is 5.48. The van der Waals surface area contributed by atoms with E-state index in [4.69, 9.17) is 0 Å². The molecule has 1 unspecified atom stereocenters. The maximum absolute atomic E-state index is 13.8. The number of rotatable bonds is 2. The molecule has 0 bridgehead atoms. The van der Waals surface area contributed by atoms with Gasteiger partial charge in [-0.1, -0.05) is 25.3 Å². The van der Waals surface area contributed by atoms with Crippen LogP contribution < -0.4 is 5.32 Å². The first-order valence-corrected chi connectivity index (χ1v) is 7.22. The van der Waals surface area contributed by atoms with Gasteiger partial charge in [-0.25, -0.2) is 4.39 Å². The van der Waals surface area contributed by atoms with Gasteiger partial charge in [0.2, 0.25) is 0 Å². The van der Waals surface area contributed by atoms with Crippen molar-refractivity contribution in [3.05, 3.63) is 29.6 Å². The van der Waals surface area contributed by atoms with Gasteiger partial charge in [0.15, 0.2) is 0 Å². The van der Waals surface area contributed by atoms with Crippen LogP contribution in [0.5, 0.6) is 0 Å².